The number of para-hydroxylation sites is 1. The summed E-state index contributed by atoms with van der Waals surface area (Å²) in [6.07, 6.45) is -0.148. The molecule has 0 aromatic heterocycles. The third-order valence-corrected chi connectivity index (χ3v) is 3.07. The van der Waals surface area contributed by atoms with Crippen LogP contribution in [0.5, 0.6) is 5.75 Å². The van der Waals surface area contributed by atoms with Crippen LogP contribution in [0.1, 0.15) is 19.4 Å². The highest BCUT2D eigenvalue weighted by molar-refractivity contribution is 5.50. The van der Waals surface area contributed by atoms with Crippen molar-refractivity contribution in [3.05, 3.63) is 29.8 Å². The van der Waals surface area contributed by atoms with Crippen LogP contribution in [0.2, 0.25) is 0 Å². The lowest BCUT2D eigenvalue weighted by Crippen LogP contribution is -2.41. The van der Waals surface area contributed by atoms with Gasteiger partial charge in [0.25, 0.3) is 0 Å². The summed E-state index contributed by atoms with van der Waals surface area (Å²) in [6, 6.07) is 9.85. The average molecular weight is 201 g/mol. The fourth-order valence-corrected chi connectivity index (χ4v) is 2.33. The summed E-state index contributed by atoms with van der Waals surface area (Å²) in [6.45, 7) is 3.90. The highest BCUT2D eigenvalue weighted by atomic mass is 16.7. The second kappa shape index (κ2) is 2.34. The first-order valence-electron chi connectivity index (χ1n) is 4.98. The molecule has 0 aliphatic carbocycles. The highest BCUT2D eigenvalue weighted by Gasteiger charge is 2.69. The van der Waals surface area contributed by atoms with Crippen LogP contribution in [0.25, 0.3) is 0 Å². The van der Waals surface area contributed by atoms with Gasteiger partial charge in [-0.25, -0.2) is 0 Å². The molecular formula is C12H11NO2. The van der Waals surface area contributed by atoms with E-state index in [-0.39, 0.29) is 6.10 Å². The van der Waals surface area contributed by atoms with Crippen LogP contribution in [0.3, 0.4) is 0 Å². The molecule has 1 aromatic rings. The highest BCUT2D eigenvalue weighted by Crippen LogP contribution is 2.57. The Morgan fingerprint density at radius 1 is 1.33 bits per heavy atom. The van der Waals surface area contributed by atoms with E-state index >= 15 is 0 Å². The Morgan fingerprint density at radius 3 is 2.80 bits per heavy atom. The molecule has 2 aliphatic heterocycles. The van der Waals surface area contributed by atoms with Gasteiger partial charge in [0.2, 0.25) is 5.60 Å². The summed E-state index contributed by atoms with van der Waals surface area (Å²) < 4.78 is 11.4. The van der Waals surface area contributed by atoms with Crippen molar-refractivity contribution in [3.8, 4) is 11.8 Å². The Labute approximate surface area is 88.2 Å². The normalized spacial score (nSPS) is 34.3. The number of hydrogen-bond acceptors (Lipinski definition) is 3. The quantitative estimate of drug-likeness (QED) is 0.603. The molecule has 2 atom stereocenters. The Morgan fingerprint density at radius 2 is 2.07 bits per heavy atom. The molecule has 0 spiro atoms. The molecule has 2 heterocycles. The van der Waals surface area contributed by atoms with Crippen molar-refractivity contribution in [2.75, 3.05) is 0 Å². The number of rotatable bonds is 0. The minimum atomic E-state index is -0.766. The van der Waals surface area contributed by atoms with Gasteiger partial charge in [-0.1, -0.05) is 18.2 Å². The molecule has 15 heavy (non-hydrogen) atoms. The van der Waals surface area contributed by atoms with E-state index in [1.54, 1.807) is 0 Å². The number of benzene rings is 1. The third-order valence-electron chi connectivity index (χ3n) is 3.07. The Hall–Kier alpha value is -1.53. The fraction of sp³-hybridized carbons (Fsp3) is 0.417. The zero-order valence-electron chi connectivity index (χ0n) is 8.65. The molecule has 2 unspecified atom stereocenters. The van der Waals surface area contributed by atoms with Gasteiger partial charge in [-0.05, 0) is 19.9 Å². The third kappa shape index (κ3) is 0.924. The van der Waals surface area contributed by atoms with Crippen molar-refractivity contribution < 1.29 is 9.47 Å². The van der Waals surface area contributed by atoms with Crippen LogP contribution in [-0.4, -0.2) is 11.7 Å². The summed E-state index contributed by atoms with van der Waals surface area (Å²) >= 11 is 0. The van der Waals surface area contributed by atoms with Gasteiger partial charge in [-0.3, -0.25) is 0 Å². The summed E-state index contributed by atoms with van der Waals surface area (Å²) in [4.78, 5) is 0. The predicted octanol–water partition coefficient (Wildman–Crippen LogP) is 1.98. The van der Waals surface area contributed by atoms with E-state index in [0.717, 1.165) is 11.3 Å². The van der Waals surface area contributed by atoms with Crippen LogP contribution in [-0.2, 0) is 10.3 Å². The monoisotopic (exact) mass is 201 g/mol. The molecule has 1 saturated heterocycles. The lowest BCUT2D eigenvalue weighted by molar-refractivity contribution is 0.0718. The van der Waals surface area contributed by atoms with E-state index in [9.17, 15) is 5.26 Å². The van der Waals surface area contributed by atoms with Crippen LogP contribution in [0, 0.1) is 11.3 Å². The van der Waals surface area contributed by atoms with Crippen molar-refractivity contribution in [2.24, 2.45) is 0 Å². The average Bonchev–Trinajstić information content (AvgIpc) is 2.94. The molecule has 2 aliphatic rings. The molecular weight excluding hydrogens is 190 g/mol. The number of ether oxygens (including phenoxy) is 2. The van der Waals surface area contributed by atoms with Crippen molar-refractivity contribution in [1.29, 1.82) is 5.26 Å². The van der Waals surface area contributed by atoms with Gasteiger partial charge in [0.1, 0.15) is 23.5 Å². The van der Waals surface area contributed by atoms with Gasteiger partial charge in [0, 0.05) is 5.56 Å². The minimum Gasteiger partial charge on any atom is -0.485 e. The first-order chi connectivity index (χ1) is 7.10. The maximum absolute atomic E-state index is 9.24. The van der Waals surface area contributed by atoms with Crippen molar-refractivity contribution in [3.63, 3.8) is 0 Å². The Bertz CT molecular complexity index is 475. The molecule has 1 aromatic carbocycles. The van der Waals surface area contributed by atoms with Crippen molar-refractivity contribution in [2.45, 2.75) is 31.2 Å². The maximum Gasteiger partial charge on any atom is 0.213 e. The van der Waals surface area contributed by atoms with E-state index in [1.807, 2.05) is 38.1 Å². The van der Waals surface area contributed by atoms with Crippen LogP contribution in [0.4, 0.5) is 0 Å². The molecule has 3 nitrogen and oxygen atoms in total. The molecule has 0 saturated carbocycles. The zero-order chi connectivity index (χ0) is 10.7. The molecule has 0 N–H and O–H groups in total. The van der Waals surface area contributed by atoms with Gasteiger partial charge in [-0.2, -0.15) is 5.26 Å². The van der Waals surface area contributed by atoms with Gasteiger partial charge in [0.15, 0.2) is 0 Å². The van der Waals surface area contributed by atoms with Crippen molar-refractivity contribution in [1.82, 2.24) is 0 Å². The predicted molar refractivity (Wildman–Crippen MR) is 53.3 cm³/mol. The van der Waals surface area contributed by atoms with E-state index in [2.05, 4.69) is 6.07 Å². The molecule has 0 radical (unpaired) electrons. The van der Waals surface area contributed by atoms with Gasteiger partial charge in [0.05, 0.1) is 0 Å². The number of hydrogen-bond donors (Lipinski definition) is 0. The minimum absolute atomic E-state index is 0.148. The SMILES string of the molecule is CC1(C)Oc2ccccc2C2(C#N)OC12. The molecule has 0 amide bonds. The summed E-state index contributed by atoms with van der Waals surface area (Å²) in [7, 11) is 0. The molecule has 1 fully saturated rings. The summed E-state index contributed by atoms with van der Waals surface area (Å²) in [5, 5.41) is 9.24. The Balaban J connectivity index is 2.22. The molecule has 3 heteroatoms. The largest absolute Gasteiger partial charge is 0.485 e. The lowest BCUT2D eigenvalue weighted by Gasteiger charge is -2.31. The molecule has 3 rings (SSSR count). The zero-order valence-corrected chi connectivity index (χ0v) is 8.65. The fourth-order valence-electron chi connectivity index (χ4n) is 2.33. The molecule has 76 valence electrons. The smallest absolute Gasteiger partial charge is 0.213 e. The maximum atomic E-state index is 9.24. The number of nitriles is 1. The number of fused-ring (bicyclic) bond motifs is 3. The molecule has 0 bridgehead atoms. The number of epoxide rings is 1. The van der Waals surface area contributed by atoms with Gasteiger partial charge < -0.3 is 9.47 Å². The van der Waals surface area contributed by atoms with Gasteiger partial charge in [-0.15, -0.1) is 0 Å². The Kier molecular flexibility index (Phi) is 1.37. The lowest BCUT2D eigenvalue weighted by atomic mass is 9.85. The second-order valence-electron chi connectivity index (χ2n) is 4.55. The van der Waals surface area contributed by atoms with Crippen LogP contribution in [0.15, 0.2) is 24.3 Å². The van der Waals surface area contributed by atoms with E-state index in [0.29, 0.717) is 0 Å². The first-order valence-corrected chi connectivity index (χ1v) is 4.98. The van der Waals surface area contributed by atoms with E-state index in [4.69, 9.17) is 9.47 Å². The van der Waals surface area contributed by atoms with Crippen LogP contribution < -0.4 is 4.74 Å². The van der Waals surface area contributed by atoms with Crippen molar-refractivity contribution >= 4 is 0 Å². The standard InChI is InChI=1S/C12H11NO2/c1-11(2)10-12(7-13,15-10)8-5-3-4-6-9(8)14-11/h3-6,10H,1-2H3. The topological polar surface area (TPSA) is 45.5 Å². The van der Waals surface area contributed by atoms with Gasteiger partial charge >= 0.3 is 0 Å². The summed E-state index contributed by atoms with van der Waals surface area (Å²) in [5.74, 6) is 0.762. The second-order valence-corrected chi connectivity index (χ2v) is 4.55. The van der Waals surface area contributed by atoms with Crippen LogP contribution >= 0.6 is 0 Å². The van der Waals surface area contributed by atoms with E-state index < -0.39 is 11.2 Å². The first kappa shape index (κ1) is 8.75. The summed E-state index contributed by atoms with van der Waals surface area (Å²) in [5.41, 5.74) is -0.334. The van der Waals surface area contributed by atoms with E-state index in [1.165, 1.54) is 0 Å². The number of nitrogens with zero attached hydrogens (tertiary/aromatic N) is 1.